The average Bonchev–Trinajstić information content (AvgIpc) is 2.68. The Kier molecular flexibility index (Phi) is 6.13. The van der Waals surface area contributed by atoms with Crippen LogP contribution in [0, 0.1) is 6.92 Å². The second kappa shape index (κ2) is 8.72. The molecule has 26 heavy (non-hydrogen) atoms. The number of nitrogens with one attached hydrogen (secondary N) is 1. The molecule has 0 aromatic heterocycles. The molecule has 0 atom stereocenters. The number of benzene rings is 3. The van der Waals surface area contributed by atoms with Crippen LogP contribution in [0.1, 0.15) is 34.0 Å². The van der Waals surface area contributed by atoms with Crippen LogP contribution < -0.4 is 5.32 Å². The molecule has 0 bridgehead atoms. The van der Waals surface area contributed by atoms with Crippen LogP contribution >= 0.6 is 11.8 Å². The van der Waals surface area contributed by atoms with Crippen molar-refractivity contribution in [3.8, 4) is 0 Å². The van der Waals surface area contributed by atoms with Crippen molar-refractivity contribution in [2.75, 3.05) is 5.32 Å². The molecule has 132 valence electrons. The normalized spacial score (nSPS) is 10.5. The van der Waals surface area contributed by atoms with Crippen LogP contribution in [-0.2, 0) is 12.2 Å². The number of rotatable bonds is 6. The first kappa shape index (κ1) is 18.3. The Labute approximate surface area is 159 Å². The van der Waals surface area contributed by atoms with Crippen molar-refractivity contribution in [3.63, 3.8) is 0 Å². The zero-order valence-corrected chi connectivity index (χ0v) is 16.0. The number of aryl methyl sites for hydroxylation is 2. The van der Waals surface area contributed by atoms with E-state index in [0.29, 0.717) is 5.56 Å². The third-order valence-corrected chi connectivity index (χ3v) is 5.35. The molecule has 0 aliphatic carbocycles. The van der Waals surface area contributed by atoms with Gasteiger partial charge in [-0.1, -0.05) is 48.9 Å². The van der Waals surface area contributed by atoms with E-state index < -0.39 is 0 Å². The van der Waals surface area contributed by atoms with Gasteiger partial charge in [0.2, 0.25) is 0 Å². The van der Waals surface area contributed by atoms with Crippen LogP contribution in [0.2, 0.25) is 0 Å². The van der Waals surface area contributed by atoms with Gasteiger partial charge in [-0.3, -0.25) is 4.79 Å². The summed E-state index contributed by atoms with van der Waals surface area (Å²) in [6.45, 7) is 4.21. The minimum absolute atomic E-state index is 0.0769. The summed E-state index contributed by atoms with van der Waals surface area (Å²) in [4.78, 5) is 13.6. The first-order valence-electron chi connectivity index (χ1n) is 8.83. The zero-order valence-electron chi connectivity index (χ0n) is 15.2. The summed E-state index contributed by atoms with van der Waals surface area (Å²) >= 11 is 1.80. The smallest absolute Gasteiger partial charge is 0.255 e. The molecular formula is C23H23NOS. The number of hydrogen-bond donors (Lipinski definition) is 1. The fourth-order valence-corrected chi connectivity index (χ4v) is 3.43. The van der Waals surface area contributed by atoms with Gasteiger partial charge in [0.25, 0.3) is 5.91 Å². The lowest BCUT2D eigenvalue weighted by molar-refractivity contribution is 0.102. The van der Waals surface area contributed by atoms with E-state index in [-0.39, 0.29) is 5.91 Å². The van der Waals surface area contributed by atoms with Gasteiger partial charge in [0.1, 0.15) is 0 Å². The van der Waals surface area contributed by atoms with Gasteiger partial charge in [-0.25, -0.2) is 0 Å². The number of anilines is 1. The highest BCUT2D eigenvalue weighted by atomic mass is 32.2. The van der Waals surface area contributed by atoms with Gasteiger partial charge >= 0.3 is 0 Å². The highest BCUT2D eigenvalue weighted by molar-refractivity contribution is 7.98. The Balaban J connectivity index is 1.57. The third-order valence-electron chi connectivity index (χ3n) is 4.26. The van der Waals surface area contributed by atoms with E-state index in [2.05, 4.69) is 43.4 Å². The predicted molar refractivity (Wildman–Crippen MR) is 111 cm³/mol. The van der Waals surface area contributed by atoms with Crippen LogP contribution in [0.3, 0.4) is 0 Å². The monoisotopic (exact) mass is 361 g/mol. The molecule has 2 nitrogen and oxygen atoms in total. The second-order valence-corrected chi connectivity index (χ2v) is 7.35. The number of carbonyl (C=O) groups is 1. The number of hydrogen-bond acceptors (Lipinski definition) is 2. The van der Waals surface area contributed by atoms with Gasteiger partial charge in [-0.05, 0) is 60.9 Å². The summed E-state index contributed by atoms with van der Waals surface area (Å²) in [5.41, 5.74) is 5.24. The molecule has 0 heterocycles. The van der Waals surface area contributed by atoms with Crippen molar-refractivity contribution >= 4 is 23.4 Å². The molecule has 3 aromatic rings. The Hall–Kier alpha value is -2.52. The summed E-state index contributed by atoms with van der Waals surface area (Å²) in [7, 11) is 0. The summed E-state index contributed by atoms with van der Waals surface area (Å²) in [6, 6.07) is 24.4. The quantitative estimate of drug-likeness (QED) is 0.537. The van der Waals surface area contributed by atoms with E-state index in [1.807, 2.05) is 48.5 Å². The highest BCUT2D eigenvalue weighted by Crippen LogP contribution is 2.23. The highest BCUT2D eigenvalue weighted by Gasteiger charge is 2.06. The van der Waals surface area contributed by atoms with E-state index in [4.69, 9.17) is 0 Å². The molecule has 1 amide bonds. The van der Waals surface area contributed by atoms with E-state index in [9.17, 15) is 4.79 Å². The topological polar surface area (TPSA) is 29.1 Å². The molecule has 0 saturated carbocycles. The Morgan fingerprint density at radius 1 is 0.846 bits per heavy atom. The molecule has 0 aliphatic heterocycles. The van der Waals surface area contributed by atoms with Gasteiger partial charge in [0, 0.05) is 21.9 Å². The van der Waals surface area contributed by atoms with Crippen molar-refractivity contribution < 1.29 is 4.79 Å². The molecule has 0 aliphatic rings. The Morgan fingerprint density at radius 2 is 1.46 bits per heavy atom. The third kappa shape index (κ3) is 4.99. The molecule has 0 fully saturated rings. The van der Waals surface area contributed by atoms with Crippen molar-refractivity contribution in [2.45, 2.75) is 30.9 Å². The molecule has 1 N–H and O–H groups in total. The first-order valence-corrected chi connectivity index (χ1v) is 9.81. The van der Waals surface area contributed by atoms with Gasteiger partial charge < -0.3 is 5.32 Å². The molecule has 0 saturated heterocycles. The fraction of sp³-hybridized carbons (Fsp3) is 0.174. The molecule has 3 rings (SSSR count). The van der Waals surface area contributed by atoms with Crippen LogP contribution in [0.15, 0.2) is 77.7 Å². The van der Waals surface area contributed by atoms with Gasteiger partial charge in [-0.15, -0.1) is 11.8 Å². The minimum atomic E-state index is -0.0769. The van der Waals surface area contributed by atoms with Gasteiger partial charge in [0.05, 0.1) is 0 Å². The van der Waals surface area contributed by atoms with Gasteiger partial charge in [0.15, 0.2) is 0 Å². The number of carbonyl (C=O) groups excluding carboxylic acids is 1. The average molecular weight is 362 g/mol. The molecule has 0 unspecified atom stereocenters. The molecule has 0 radical (unpaired) electrons. The number of thioether (sulfide) groups is 1. The van der Waals surface area contributed by atoms with Crippen LogP contribution in [0.25, 0.3) is 0 Å². The Bertz CT molecular complexity index is 852. The fourth-order valence-electron chi connectivity index (χ4n) is 2.58. The maximum absolute atomic E-state index is 12.4. The lowest BCUT2D eigenvalue weighted by atomic mass is 10.1. The number of amides is 1. The molecule has 3 heteroatoms. The van der Waals surface area contributed by atoms with Crippen LogP contribution in [0.5, 0.6) is 0 Å². The molecule has 0 spiro atoms. The largest absolute Gasteiger partial charge is 0.322 e. The van der Waals surface area contributed by atoms with E-state index >= 15 is 0 Å². The zero-order chi connectivity index (χ0) is 18.4. The van der Waals surface area contributed by atoms with E-state index in [1.165, 1.54) is 21.6 Å². The van der Waals surface area contributed by atoms with E-state index in [0.717, 1.165) is 17.9 Å². The van der Waals surface area contributed by atoms with Gasteiger partial charge in [-0.2, -0.15) is 0 Å². The lowest BCUT2D eigenvalue weighted by Gasteiger charge is -2.07. The minimum Gasteiger partial charge on any atom is -0.322 e. The lowest BCUT2D eigenvalue weighted by Crippen LogP contribution is -2.11. The predicted octanol–water partition coefficient (Wildman–Crippen LogP) is 6.10. The Morgan fingerprint density at radius 3 is 2.08 bits per heavy atom. The maximum atomic E-state index is 12.4. The van der Waals surface area contributed by atoms with Crippen molar-refractivity contribution in [1.82, 2.24) is 0 Å². The standard InChI is InChI=1S/C23H23NOS/c1-3-18-8-12-21(13-9-18)24-23(25)20-10-6-19(7-11-20)16-26-22-14-4-17(2)5-15-22/h4-15H,3,16H2,1-2H3,(H,24,25). The molecule has 3 aromatic carbocycles. The summed E-state index contributed by atoms with van der Waals surface area (Å²) in [5, 5.41) is 2.95. The van der Waals surface area contributed by atoms with Crippen molar-refractivity contribution in [1.29, 1.82) is 0 Å². The van der Waals surface area contributed by atoms with Crippen molar-refractivity contribution in [2.24, 2.45) is 0 Å². The summed E-state index contributed by atoms with van der Waals surface area (Å²) < 4.78 is 0. The molecular weight excluding hydrogens is 338 g/mol. The van der Waals surface area contributed by atoms with Crippen LogP contribution in [0.4, 0.5) is 5.69 Å². The first-order chi connectivity index (χ1) is 12.6. The SMILES string of the molecule is CCc1ccc(NC(=O)c2ccc(CSc3ccc(C)cc3)cc2)cc1. The summed E-state index contributed by atoms with van der Waals surface area (Å²) in [6.07, 6.45) is 0.996. The van der Waals surface area contributed by atoms with E-state index in [1.54, 1.807) is 11.8 Å². The van der Waals surface area contributed by atoms with Crippen molar-refractivity contribution in [3.05, 3.63) is 95.1 Å². The summed E-state index contributed by atoms with van der Waals surface area (Å²) in [5.74, 6) is 0.815. The second-order valence-electron chi connectivity index (χ2n) is 6.30. The maximum Gasteiger partial charge on any atom is 0.255 e. The van der Waals surface area contributed by atoms with Crippen LogP contribution in [-0.4, -0.2) is 5.91 Å².